The van der Waals surface area contributed by atoms with Gasteiger partial charge in [-0.05, 0) is 36.8 Å². The molecular formula is C15H15N3O2. The van der Waals surface area contributed by atoms with Crippen LogP contribution in [0.15, 0.2) is 35.1 Å². The Bertz CT molecular complexity index is 669. The van der Waals surface area contributed by atoms with E-state index in [0.29, 0.717) is 17.9 Å². The van der Waals surface area contributed by atoms with Crippen LogP contribution in [0.2, 0.25) is 0 Å². The fraction of sp³-hybridized carbons (Fsp3) is 0.267. The summed E-state index contributed by atoms with van der Waals surface area (Å²) in [6.07, 6.45) is 1.03. The molecule has 0 saturated carbocycles. The van der Waals surface area contributed by atoms with Crippen LogP contribution in [0.4, 0.5) is 0 Å². The normalized spacial score (nSPS) is 10.0. The van der Waals surface area contributed by atoms with Gasteiger partial charge < -0.3 is 4.74 Å². The zero-order valence-corrected chi connectivity index (χ0v) is 11.2. The molecule has 1 heterocycles. The summed E-state index contributed by atoms with van der Waals surface area (Å²) in [4.78, 5) is 11.5. The van der Waals surface area contributed by atoms with E-state index in [9.17, 15) is 4.79 Å². The standard InChI is InChI=1S/C15H15N3O2/c1-2-9-20-13-5-3-11(4-6-13)14-10-12(7-8-16)15(19)18-17-14/h3-6,10H,2,7,9H2,1H3,(H,18,19). The second-order valence-electron chi connectivity index (χ2n) is 4.32. The van der Waals surface area contributed by atoms with E-state index >= 15 is 0 Å². The number of ether oxygens (including phenoxy) is 1. The highest BCUT2D eigenvalue weighted by Crippen LogP contribution is 2.20. The molecule has 0 unspecified atom stereocenters. The summed E-state index contributed by atoms with van der Waals surface area (Å²) < 4.78 is 5.51. The van der Waals surface area contributed by atoms with Crippen LogP contribution >= 0.6 is 0 Å². The maximum absolute atomic E-state index is 11.5. The summed E-state index contributed by atoms with van der Waals surface area (Å²) in [6.45, 7) is 2.73. The van der Waals surface area contributed by atoms with Crippen molar-refractivity contribution in [2.75, 3.05) is 6.61 Å². The van der Waals surface area contributed by atoms with E-state index in [-0.39, 0.29) is 12.0 Å². The number of benzene rings is 1. The average molecular weight is 269 g/mol. The van der Waals surface area contributed by atoms with Crippen LogP contribution in [0.5, 0.6) is 5.75 Å². The molecule has 1 N–H and O–H groups in total. The lowest BCUT2D eigenvalue weighted by Gasteiger charge is -2.06. The first-order valence-electron chi connectivity index (χ1n) is 6.43. The van der Waals surface area contributed by atoms with Gasteiger partial charge in [-0.25, -0.2) is 5.10 Å². The van der Waals surface area contributed by atoms with E-state index in [0.717, 1.165) is 17.7 Å². The lowest BCUT2D eigenvalue weighted by Crippen LogP contribution is -2.14. The van der Waals surface area contributed by atoms with E-state index < -0.39 is 0 Å². The predicted molar refractivity (Wildman–Crippen MR) is 75.4 cm³/mol. The van der Waals surface area contributed by atoms with Crippen LogP contribution in [-0.4, -0.2) is 16.8 Å². The molecule has 0 amide bonds. The minimum absolute atomic E-state index is 0.0720. The minimum Gasteiger partial charge on any atom is -0.494 e. The highest BCUT2D eigenvalue weighted by atomic mass is 16.5. The predicted octanol–water partition coefficient (Wildman–Crippen LogP) is 2.29. The summed E-state index contributed by atoms with van der Waals surface area (Å²) in [5, 5.41) is 15.1. The number of hydrogen-bond donors (Lipinski definition) is 1. The molecule has 0 fully saturated rings. The number of hydrogen-bond acceptors (Lipinski definition) is 4. The van der Waals surface area contributed by atoms with E-state index in [4.69, 9.17) is 10.00 Å². The molecule has 0 atom stereocenters. The van der Waals surface area contributed by atoms with Crippen molar-refractivity contribution in [1.29, 1.82) is 5.26 Å². The molecule has 5 nitrogen and oxygen atoms in total. The summed E-state index contributed by atoms with van der Waals surface area (Å²) in [6, 6.07) is 11.1. The highest BCUT2D eigenvalue weighted by molar-refractivity contribution is 5.60. The molecule has 0 radical (unpaired) electrons. The number of nitrogens with one attached hydrogen (secondary N) is 1. The Morgan fingerprint density at radius 1 is 1.35 bits per heavy atom. The van der Waals surface area contributed by atoms with Crippen LogP contribution in [0.25, 0.3) is 11.3 Å². The second-order valence-corrected chi connectivity index (χ2v) is 4.32. The van der Waals surface area contributed by atoms with Gasteiger partial charge in [-0.2, -0.15) is 10.4 Å². The minimum atomic E-state index is -0.321. The first-order chi connectivity index (χ1) is 9.74. The van der Waals surface area contributed by atoms with Gasteiger partial charge in [-0.15, -0.1) is 0 Å². The Labute approximate surface area is 116 Å². The maximum Gasteiger partial charge on any atom is 0.268 e. The number of aromatic amines is 1. The third-order valence-corrected chi connectivity index (χ3v) is 2.77. The lowest BCUT2D eigenvalue weighted by molar-refractivity contribution is 0.317. The van der Waals surface area contributed by atoms with Crippen molar-refractivity contribution in [3.63, 3.8) is 0 Å². The Morgan fingerprint density at radius 3 is 2.75 bits per heavy atom. The molecule has 20 heavy (non-hydrogen) atoms. The molecule has 0 saturated heterocycles. The Kier molecular flexibility index (Phi) is 4.51. The molecule has 0 spiro atoms. The molecule has 5 heteroatoms. The Hall–Kier alpha value is -2.61. The summed E-state index contributed by atoms with van der Waals surface area (Å²) in [7, 11) is 0. The van der Waals surface area contributed by atoms with Crippen molar-refractivity contribution in [2.24, 2.45) is 0 Å². The number of nitrogens with zero attached hydrogens (tertiary/aromatic N) is 2. The number of nitriles is 1. The van der Waals surface area contributed by atoms with Gasteiger partial charge in [0.25, 0.3) is 5.56 Å². The van der Waals surface area contributed by atoms with E-state index in [1.165, 1.54) is 0 Å². The molecule has 0 bridgehead atoms. The zero-order chi connectivity index (χ0) is 14.4. The molecular weight excluding hydrogens is 254 g/mol. The third kappa shape index (κ3) is 3.23. The van der Waals surface area contributed by atoms with E-state index in [2.05, 4.69) is 17.1 Å². The monoisotopic (exact) mass is 269 g/mol. The molecule has 0 aliphatic carbocycles. The summed E-state index contributed by atoms with van der Waals surface area (Å²) in [5.74, 6) is 0.803. The van der Waals surface area contributed by atoms with E-state index in [1.54, 1.807) is 6.07 Å². The van der Waals surface area contributed by atoms with Crippen molar-refractivity contribution in [2.45, 2.75) is 19.8 Å². The summed E-state index contributed by atoms with van der Waals surface area (Å²) >= 11 is 0. The average Bonchev–Trinajstić information content (AvgIpc) is 2.48. The van der Waals surface area contributed by atoms with Gasteiger partial charge in [-0.1, -0.05) is 6.92 Å². The zero-order valence-electron chi connectivity index (χ0n) is 11.2. The molecule has 1 aromatic carbocycles. The van der Waals surface area contributed by atoms with E-state index in [1.807, 2.05) is 30.3 Å². The fourth-order valence-corrected chi connectivity index (χ4v) is 1.75. The number of aromatic nitrogens is 2. The van der Waals surface area contributed by atoms with Crippen molar-refractivity contribution in [1.82, 2.24) is 10.2 Å². The van der Waals surface area contributed by atoms with Crippen LogP contribution in [0.3, 0.4) is 0 Å². The molecule has 0 aliphatic rings. The van der Waals surface area contributed by atoms with Gasteiger partial charge in [0.1, 0.15) is 5.75 Å². The lowest BCUT2D eigenvalue weighted by atomic mass is 10.1. The van der Waals surface area contributed by atoms with Gasteiger partial charge >= 0.3 is 0 Å². The van der Waals surface area contributed by atoms with Crippen molar-refractivity contribution in [3.05, 3.63) is 46.2 Å². The van der Waals surface area contributed by atoms with Crippen LogP contribution in [0, 0.1) is 11.3 Å². The second kappa shape index (κ2) is 6.53. The van der Waals surface area contributed by atoms with Crippen LogP contribution < -0.4 is 10.3 Å². The molecule has 2 rings (SSSR count). The Morgan fingerprint density at radius 2 is 2.10 bits per heavy atom. The third-order valence-electron chi connectivity index (χ3n) is 2.77. The topological polar surface area (TPSA) is 78.8 Å². The van der Waals surface area contributed by atoms with Crippen LogP contribution in [0.1, 0.15) is 18.9 Å². The molecule has 2 aromatic rings. The van der Waals surface area contributed by atoms with Crippen LogP contribution in [-0.2, 0) is 6.42 Å². The molecule has 102 valence electrons. The Balaban J connectivity index is 2.25. The van der Waals surface area contributed by atoms with Crippen molar-refractivity contribution in [3.8, 4) is 23.1 Å². The first kappa shape index (κ1) is 13.8. The van der Waals surface area contributed by atoms with Gasteiger partial charge in [-0.3, -0.25) is 4.79 Å². The largest absolute Gasteiger partial charge is 0.494 e. The van der Waals surface area contributed by atoms with Gasteiger partial charge in [0.05, 0.1) is 24.8 Å². The van der Waals surface area contributed by atoms with Gasteiger partial charge in [0.15, 0.2) is 0 Å². The van der Waals surface area contributed by atoms with Gasteiger partial charge in [0, 0.05) is 11.1 Å². The molecule has 0 aliphatic heterocycles. The fourth-order valence-electron chi connectivity index (χ4n) is 1.75. The smallest absolute Gasteiger partial charge is 0.268 e. The highest BCUT2D eigenvalue weighted by Gasteiger charge is 2.05. The quantitative estimate of drug-likeness (QED) is 0.903. The van der Waals surface area contributed by atoms with Crippen molar-refractivity contribution >= 4 is 0 Å². The SMILES string of the molecule is CCCOc1ccc(-c2cc(CC#N)c(=O)[nH]n2)cc1. The van der Waals surface area contributed by atoms with Crippen molar-refractivity contribution < 1.29 is 4.74 Å². The number of rotatable bonds is 5. The first-order valence-corrected chi connectivity index (χ1v) is 6.43. The summed E-state index contributed by atoms with van der Waals surface area (Å²) in [5.41, 5.74) is 1.60. The maximum atomic E-state index is 11.5. The number of H-pyrrole nitrogens is 1. The molecule has 1 aromatic heterocycles. The van der Waals surface area contributed by atoms with Gasteiger partial charge in [0.2, 0.25) is 0 Å².